The van der Waals surface area contributed by atoms with Crippen molar-refractivity contribution in [3.8, 4) is 0 Å². The Morgan fingerprint density at radius 3 is 2.78 bits per heavy atom. The zero-order valence-electron chi connectivity index (χ0n) is 11.3. The average Bonchev–Trinajstić information content (AvgIpc) is 2.93. The van der Waals surface area contributed by atoms with Gasteiger partial charge in [-0.25, -0.2) is 0 Å². The zero-order valence-corrected chi connectivity index (χ0v) is 11.3. The highest BCUT2D eigenvalue weighted by molar-refractivity contribution is 5.21. The molecule has 0 aromatic heterocycles. The monoisotopic (exact) mass is 245 g/mol. The van der Waals surface area contributed by atoms with Gasteiger partial charge in [0.25, 0.3) is 0 Å². The maximum Gasteiger partial charge on any atom is 0.0850 e. The third-order valence-electron chi connectivity index (χ3n) is 4.89. The Hall–Kier alpha value is -0.860. The smallest absolute Gasteiger partial charge is 0.0850 e. The summed E-state index contributed by atoms with van der Waals surface area (Å²) in [6.07, 6.45) is 2.16. The summed E-state index contributed by atoms with van der Waals surface area (Å²) in [6.45, 7) is 6.56. The van der Waals surface area contributed by atoms with Crippen LogP contribution in [0.2, 0.25) is 0 Å². The molecular weight excluding hydrogens is 222 g/mol. The summed E-state index contributed by atoms with van der Waals surface area (Å²) in [5.41, 5.74) is 0.986. The van der Waals surface area contributed by atoms with Crippen molar-refractivity contribution in [3.63, 3.8) is 0 Å². The first-order chi connectivity index (χ1) is 8.65. The number of aliphatic hydroxyl groups is 1. The molecule has 3 rings (SSSR count). The van der Waals surface area contributed by atoms with Gasteiger partial charge in [0, 0.05) is 25.0 Å². The molecule has 0 amide bonds. The van der Waals surface area contributed by atoms with Gasteiger partial charge in [0.1, 0.15) is 0 Å². The third kappa shape index (κ3) is 1.88. The standard InChI is InChI=1S/C16H23NO/c1-3-12(2)15-16(18)9-14(16)11-17(15)10-13-7-5-4-6-8-13/h4-8,12,14-15,18H,3,9-11H2,1-2H3/t12-,14?,15?,16?/m0/s1. The van der Waals surface area contributed by atoms with Crippen molar-refractivity contribution in [1.29, 1.82) is 0 Å². The Morgan fingerprint density at radius 1 is 1.39 bits per heavy atom. The van der Waals surface area contributed by atoms with Crippen molar-refractivity contribution >= 4 is 0 Å². The predicted octanol–water partition coefficient (Wildman–Crippen LogP) is 2.67. The van der Waals surface area contributed by atoms with Crippen LogP contribution in [0.1, 0.15) is 32.3 Å². The van der Waals surface area contributed by atoms with E-state index >= 15 is 0 Å². The fraction of sp³-hybridized carbons (Fsp3) is 0.625. The second kappa shape index (κ2) is 4.36. The molecule has 2 heteroatoms. The molecule has 1 aliphatic carbocycles. The van der Waals surface area contributed by atoms with E-state index in [1.165, 1.54) is 5.56 Å². The Bertz CT molecular complexity index is 418. The molecule has 2 aliphatic rings. The maximum atomic E-state index is 10.6. The first-order valence-electron chi connectivity index (χ1n) is 7.15. The quantitative estimate of drug-likeness (QED) is 0.881. The van der Waals surface area contributed by atoms with Crippen LogP contribution in [0.3, 0.4) is 0 Å². The molecule has 4 atom stereocenters. The minimum Gasteiger partial charge on any atom is -0.388 e. The van der Waals surface area contributed by atoms with Crippen molar-refractivity contribution in [2.75, 3.05) is 6.54 Å². The van der Waals surface area contributed by atoms with Gasteiger partial charge in [-0.05, 0) is 17.9 Å². The Morgan fingerprint density at radius 2 is 2.11 bits per heavy atom. The molecular formula is C16H23NO. The molecule has 0 spiro atoms. The number of rotatable bonds is 4. The second-order valence-corrected chi connectivity index (χ2v) is 6.14. The summed E-state index contributed by atoms with van der Waals surface area (Å²) in [7, 11) is 0. The lowest BCUT2D eigenvalue weighted by Gasteiger charge is -2.34. The molecule has 1 saturated carbocycles. The summed E-state index contributed by atoms with van der Waals surface area (Å²) >= 11 is 0. The van der Waals surface area contributed by atoms with Crippen LogP contribution in [-0.4, -0.2) is 28.2 Å². The fourth-order valence-electron chi connectivity index (χ4n) is 3.69. The van der Waals surface area contributed by atoms with Crippen LogP contribution >= 0.6 is 0 Å². The molecule has 1 saturated heterocycles. The van der Waals surface area contributed by atoms with Gasteiger partial charge in [-0.1, -0.05) is 50.6 Å². The van der Waals surface area contributed by atoms with Crippen LogP contribution in [-0.2, 0) is 6.54 Å². The largest absolute Gasteiger partial charge is 0.388 e. The molecule has 1 aromatic rings. The van der Waals surface area contributed by atoms with Gasteiger partial charge >= 0.3 is 0 Å². The number of likely N-dealkylation sites (tertiary alicyclic amines) is 1. The lowest BCUT2D eigenvalue weighted by atomic mass is 9.92. The zero-order chi connectivity index (χ0) is 12.8. The number of fused-ring (bicyclic) bond motifs is 1. The molecule has 98 valence electrons. The van der Waals surface area contributed by atoms with Gasteiger partial charge in [-0.15, -0.1) is 0 Å². The van der Waals surface area contributed by atoms with Crippen LogP contribution in [0.15, 0.2) is 30.3 Å². The molecule has 2 fully saturated rings. The van der Waals surface area contributed by atoms with Gasteiger partial charge < -0.3 is 5.11 Å². The molecule has 0 bridgehead atoms. The number of benzene rings is 1. The summed E-state index contributed by atoms with van der Waals surface area (Å²) in [5, 5.41) is 10.6. The van der Waals surface area contributed by atoms with E-state index < -0.39 is 0 Å². The fourth-order valence-corrected chi connectivity index (χ4v) is 3.69. The van der Waals surface area contributed by atoms with Gasteiger partial charge in [0.2, 0.25) is 0 Å². The van der Waals surface area contributed by atoms with Crippen molar-refractivity contribution in [1.82, 2.24) is 4.90 Å². The first kappa shape index (κ1) is 12.2. The van der Waals surface area contributed by atoms with E-state index in [0.717, 1.165) is 25.9 Å². The number of hydrogen-bond acceptors (Lipinski definition) is 2. The van der Waals surface area contributed by atoms with Crippen LogP contribution < -0.4 is 0 Å². The molecule has 1 heterocycles. The highest BCUT2D eigenvalue weighted by Crippen LogP contribution is 2.56. The molecule has 1 N–H and O–H groups in total. The predicted molar refractivity (Wildman–Crippen MR) is 73.2 cm³/mol. The van der Waals surface area contributed by atoms with Crippen molar-refractivity contribution < 1.29 is 5.11 Å². The Kier molecular flexibility index (Phi) is 2.95. The van der Waals surface area contributed by atoms with Crippen LogP contribution in [0.5, 0.6) is 0 Å². The molecule has 1 aliphatic heterocycles. The Balaban J connectivity index is 1.76. The molecule has 18 heavy (non-hydrogen) atoms. The number of piperidine rings is 1. The number of nitrogens with zero attached hydrogens (tertiary/aromatic N) is 1. The highest BCUT2D eigenvalue weighted by Gasteiger charge is 2.65. The van der Waals surface area contributed by atoms with E-state index in [1.807, 2.05) is 0 Å². The Labute approximate surface area is 110 Å². The lowest BCUT2D eigenvalue weighted by molar-refractivity contribution is 0.0336. The van der Waals surface area contributed by atoms with E-state index in [-0.39, 0.29) is 5.60 Å². The lowest BCUT2D eigenvalue weighted by Crippen LogP contribution is -2.44. The van der Waals surface area contributed by atoms with E-state index in [4.69, 9.17) is 0 Å². The SMILES string of the molecule is CC[C@H](C)C1N(Cc2ccccc2)CC2CC21O. The van der Waals surface area contributed by atoms with Crippen molar-refractivity contribution in [2.24, 2.45) is 11.8 Å². The van der Waals surface area contributed by atoms with Gasteiger partial charge in [0.15, 0.2) is 0 Å². The van der Waals surface area contributed by atoms with Crippen LogP contribution in [0.25, 0.3) is 0 Å². The van der Waals surface area contributed by atoms with Crippen molar-refractivity contribution in [2.45, 2.75) is 44.9 Å². The third-order valence-corrected chi connectivity index (χ3v) is 4.89. The minimum absolute atomic E-state index is 0.354. The summed E-state index contributed by atoms with van der Waals surface area (Å²) in [4.78, 5) is 2.50. The van der Waals surface area contributed by atoms with E-state index in [1.54, 1.807) is 0 Å². The van der Waals surface area contributed by atoms with Crippen LogP contribution in [0.4, 0.5) is 0 Å². The normalized spacial score (nSPS) is 36.4. The molecule has 0 radical (unpaired) electrons. The van der Waals surface area contributed by atoms with Gasteiger partial charge in [0.05, 0.1) is 5.60 Å². The summed E-state index contributed by atoms with van der Waals surface area (Å²) in [5.74, 6) is 1.10. The first-order valence-corrected chi connectivity index (χ1v) is 7.15. The topological polar surface area (TPSA) is 23.5 Å². The van der Waals surface area contributed by atoms with Gasteiger partial charge in [-0.3, -0.25) is 4.90 Å². The second-order valence-electron chi connectivity index (χ2n) is 6.14. The molecule has 2 nitrogen and oxygen atoms in total. The minimum atomic E-state index is -0.371. The average molecular weight is 245 g/mol. The van der Waals surface area contributed by atoms with E-state index in [9.17, 15) is 5.11 Å². The van der Waals surface area contributed by atoms with Crippen LogP contribution in [0, 0.1) is 11.8 Å². The highest BCUT2D eigenvalue weighted by atomic mass is 16.3. The summed E-state index contributed by atoms with van der Waals surface area (Å²) in [6, 6.07) is 11.0. The molecule has 3 unspecified atom stereocenters. The number of hydrogen-bond donors (Lipinski definition) is 1. The summed E-state index contributed by atoms with van der Waals surface area (Å²) < 4.78 is 0. The van der Waals surface area contributed by atoms with Crippen molar-refractivity contribution in [3.05, 3.63) is 35.9 Å². The van der Waals surface area contributed by atoms with E-state index in [2.05, 4.69) is 49.1 Å². The maximum absolute atomic E-state index is 10.6. The van der Waals surface area contributed by atoms with E-state index in [0.29, 0.717) is 17.9 Å². The molecule has 1 aromatic carbocycles. The van der Waals surface area contributed by atoms with Gasteiger partial charge in [-0.2, -0.15) is 0 Å².